The molecule has 1 amide bonds. The van der Waals surface area contributed by atoms with Gasteiger partial charge in [-0.3, -0.25) is 4.79 Å². The molecule has 0 aromatic heterocycles. The third-order valence-electron chi connectivity index (χ3n) is 4.16. The number of para-hydroxylation sites is 1. The normalized spacial score (nSPS) is 11.2. The van der Waals surface area contributed by atoms with Crippen LogP contribution in [0.3, 0.4) is 0 Å². The molecule has 156 valence electrons. The molecule has 0 heterocycles. The average Bonchev–Trinajstić information content (AvgIpc) is 2.71. The van der Waals surface area contributed by atoms with Crippen LogP contribution < -0.4 is 10.1 Å². The molecule has 29 heavy (non-hydrogen) atoms. The number of aryl methyl sites for hydroxylation is 1. The molecule has 0 aliphatic rings. The first kappa shape index (κ1) is 22.4. The van der Waals surface area contributed by atoms with E-state index >= 15 is 0 Å². The van der Waals surface area contributed by atoms with Gasteiger partial charge in [-0.15, -0.1) is 0 Å². The van der Waals surface area contributed by atoms with Gasteiger partial charge in [0.05, 0.1) is 12.7 Å². The molecule has 0 unspecified atom stereocenters. The second-order valence-corrected chi connectivity index (χ2v) is 8.41. The number of esters is 1. The van der Waals surface area contributed by atoms with E-state index in [1.165, 1.54) is 39.4 Å². The van der Waals surface area contributed by atoms with E-state index in [1.54, 1.807) is 12.1 Å². The minimum Gasteiger partial charge on any atom is -0.495 e. The Morgan fingerprint density at radius 1 is 1.10 bits per heavy atom. The van der Waals surface area contributed by atoms with Gasteiger partial charge in [0.15, 0.2) is 6.61 Å². The van der Waals surface area contributed by atoms with Gasteiger partial charge in [-0.25, -0.2) is 17.5 Å². The average molecular weight is 420 g/mol. The third kappa shape index (κ3) is 5.33. The largest absolute Gasteiger partial charge is 0.495 e. The minimum absolute atomic E-state index is 0.00650. The summed E-state index contributed by atoms with van der Waals surface area (Å²) in [7, 11) is 0.246. The topological polar surface area (TPSA) is 102 Å². The smallest absolute Gasteiger partial charge is 0.338 e. The lowest BCUT2D eigenvalue weighted by Gasteiger charge is -2.15. The number of hydrogen-bond acceptors (Lipinski definition) is 6. The van der Waals surface area contributed by atoms with E-state index in [1.807, 2.05) is 19.1 Å². The maximum Gasteiger partial charge on any atom is 0.338 e. The molecule has 0 aliphatic carbocycles. The van der Waals surface area contributed by atoms with Crippen molar-refractivity contribution in [1.82, 2.24) is 4.31 Å². The lowest BCUT2D eigenvalue weighted by Crippen LogP contribution is -2.24. The van der Waals surface area contributed by atoms with Gasteiger partial charge in [-0.2, -0.15) is 0 Å². The highest BCUT2D eigenvalue weighted by atomic mass is 32.2. The highest BCUT2D eigenvalue weighted by Crippen LogP contribution is 2.27. The van der Waals surface area contributed by atoms with Crippen molar-refractivity contribution in [3.63, 3.8) is 0 Å². The number of rotatable bonds is 8. The molecule has 0 bridgehead atoms. The Kier molecular flexibility index (Phi) is 7.35. The fraction of sp³-hybridized carbons (Fsp3) is 0.300. The van der Waals surface area contributed by atoms with Crippen molar-refractivity contribution >= 4 is 27.6 Å². The molecule has 9 heteroatoms. The van der Waals surface area contributed by atoms with E-state index in [4.69, 9.17) is 9.47 Å². The Morgan fingerprint density at radius 3 is 2.41 bits per heavy atom. The van der Waals surface area contributed by atoms with Crippen LogP contribution in [-0.2, 0) is 26.0 Å². The van der Waals surface area contributed by atoms with E-state index in [0.717, 1.165) is 16.3 Å². The zero-order chi connectivity index (χ0) is 21.6. The Morgan fingerprint density at radius 2 is 1.79 bits per heavy atom. The first-order chi connectivity index (χ1) is 13.7. The van der Waals surface area contributed by atoms with Crippen molar-refractivity contribution in [3.05, 3.63) is 53.6 Å². The van der Waals surface area contributed by atoms with Crippen molar-refractivity contribution in [1.29, 1.82) is 0 Å². The number of methoxy groups -OCH3 is 1. The Labute approximate surface area is 170 Å². The SMILES string of the molecule is CCc1ccccc1NC(=O)COC(=O)c1ccc(OC)c(S(=O)(=O)N(C)C)c1. The summed E-state index contributed by atoms with van der Waals surface area (Å²) < 4.78 is 36.0. The maximum atomic E-state index is 12.4. The first-order valence-corrected chi connectivity index (χ1v) is 10.3. The molecule has 2 aromatic carbocycles. The molecule has 0 radical (unpaired) electrons. The van der Waals surface area contributed by atoms with Crippen LogP contribution in [-0.4, -0.2) is 52.4 Å². The van der Waals surface area contributed by atoms with E-state index in [2.05, 4.69) is 5.32 Å². The van der Waals surface area contributed by atoms with Crippen LogP contribution >= 0.6 is 0 Å². The van der Waals surface area contributed by atoms with Crippen LogP contribution in [0.25, 0.3) is 0 Å². The molecule has 8 nitrogen and oxygen atoms in total. The minimum atomic E-state index is -3.83. The molecule has 0 saturated carbocycles. The summed E-state index contributed by atoms with van der Waals surface area (Å²) in [6.07, 6.45) is 0.741. The van der Waals surface area contributed by atoms with Gasteiger partial charge < -0.3 is 14.8 Å². The fourth-order valence-corrected chi connectivity index (χ4v) is 3.63. The van der Waals surface area contributed by atoms with Gasteiger partial charge in [-0.1, -0.05) is 25.1 Å². The zero-order valence-electron chi connectivity index (χ0n) is 16.8. The van der Waals surface area contributed by atoms with Gasteiger partial charge in [0.25, 0.3) is 5.91 Å². The number of carbonyl (C=O) groups is 2. The first-order valence-electron chi connectivity index (χ1n) is 8.86. The summed E-state index contributed by atoms with van der Waals surface area (Å²) in [5.74, 6) is -1.21. The Hall–Kier alpha value is -2.91. The van der Waals surface area contributed by atoms with Crippen LogP contribution in [0.1, 0.15) is 22.8 Å². The summed E-state index contributed by atoms with van der Waals surface area (Å²) in [6.45, 7) is 1.47. The lowest BCUT2D eigenvalue weighted by molar-refractivity contribution is -0.119. The van der Waals surface area contributed by atoms with E-state index in [0.29, 0.717) is 5.69 Å². The molecular weight excluding hydrogens is 396 g/mol. The third-order valence-corrected chi connectivity index (χ3v) is 6.00. The quantitative estimate of drug-likeness (QED) is 0.658. The van der Waals surface area contributed by atoms with Crippen LogP contribution in [0.15, 0.2) is 47.4 Å². The van der Waals surface area contributed by atoms with E-state index in [9.17, 15) is 18.0 Å². The summed E-state index contributed by atoms with van der Waals surface area (Å²) in [4.78, 5) is 24.3. The number of hydrogen-bond donors (Lipinski definition) is 1. The van der Waals surface area contributed by atoms with Gasteiger partial charge in [-0.05, 0) is 36.2 Å². The maximum absolute atomic E-state index is 12.4. The number of amides is 1. The monoisotopic (exact) mass is 420 g/mol. The fourth-order valence-electron chi connectivity index (χ4n) is 2.55. The van der Waals surface area contributed by atoms with Crippen molar-refractivity contribution in [2.75, 3.05) is 33.1 Å². The number of carbonyl (C=O) groups excluding carboxylic acids is 2. The van der Waals surface area contributed by atoms with Gasteiger partial charge in [0.2, 0.25) is 10.0 Å². The van der Waals surface area contributed by atoms with Crippen LogP contribution in [0.4, 0.5) is 5.69 Å². The highest BCUT2D eigenvalue weighted by Gasteiger charge is 2.24. The van der Waals surface area contributed by atoms with Crippen molar-refractivity contribution < 1.29 is 27.5 Å². The molecule has 1 N–H and O–H groups in total. The van der Waals surface area contributed by atoms with Gasteiger partial charge in [0.1, 0.15) is 10.6 Å². The van der Waals surface area contributed by atoms with Crippen molar-refractivity contribution in [3.8, 4) is 5.75 Å². The van der Waals surface area contributed by atoms with E-state index in [-0.39, 0.29) is 16.2 Å². The predicted octanol–water partition coefficient (Wildman–Crippen LogP) is 2.30. The number of sulfonamides is 1. The standard InChI is InChI=1S/C20H24N2O6S/c1-5-14-8-6-7-9-16(14)21-19(23)13-28-20(24)15-10-11-17(27-4)18(12-15)29(25,26)22(2)3/h6-12H,5,13H2,1-4H3,(H,21,23). The number of anilines is 1. The zero-order valence-corrected chi connectivity index (χ0v) is 17.6. The van der Waals surface area contributed by atoms with Gasteiger partial charge in [0, 0.05) is 19.8 Å². The molecule has 0 spiro atoms. The second kappa shape index (κ2) is 9.53. The highest BCUT2D eigenvalue weighted by molar-refractivity contribution is 7.89. The number of nitrogens with one attached hydrogen (secondary N) is 1. The molecule has 0 fully saturated rings. The Bertz CT molecular complexity index is 1000. The summed E-state index contributed by atoms with van der Waals surface area (Å²) >= 11 is 0. The predicted molar refractivity (Wildman–Crippen MR) is 109 cm³/mol. The molecular formula is C20H24N2O6S. The number of ether oxygens (including phenoxy) is 2. The number of nitrogens with zero attached hydrogens (tertiary/aromatic N) is 1. The molecule has 2 rings (SSSR count). The van der Waals surface area contributed by atoms with Crippen molar-refractivity contribution in [2.24, 2.45) is 0 Å². The molecule has 0 atom stereocenters. The lowest BCUT2D eigenvalue weighted by atomic mass is 10.1. The summed E-state index contributed by atoms with van der Waals surface area (Å²) in [5.41, 5.74) is 1.61. The summed E-state index contributed by atoms with van der Waals surface area (Å²) in [6, 6.07) is 11.2. The number of benzene rings is 2. The molecule has 0 saturated heterocycles. The van der Waals surface area contributed by atoms with E-state index < -0.39 is 28.5 Å². The van der Waals surface area contributed by atoms with Crippen LogP contribution in [0.2, 0.25) is 0 Å². The molecule has 0 aliphatic heterocycles. The summed E-state index contributed by atoms with van der Waals surface area (Å²) in [5, 5.41) is 2.70. The van der Waals surface area contributed by atoms with Crippen LogP contribution in [0.5, 0.6) is 5.75 Å². The molecule has 2 aromatic rings. The van der Waals surface area contributed by atoms with Crippen molar-refractivity contribution in [2.45, 2.75) is 18.2 Å². The Balaban J connectivity index is 2.12. The van der Waals surface area contributed by atoms with Crippen LogP contribution in [0, 0.1) is 0 Å². The van der Waals surface area contributed by atoms with Gasteiger partial charge >= 0.3 is 5.97 Å². The second-order valence-electron chi connectivity index (χ2n) is 6.29.